The second-order valence-electron chi connectivity index (χ2n) is 3.06. The van der Waals surface area contributed by atoms with Crippen molar-refractivity contribution in [3.05, 3.63) is 0 Å². The first kappa shape index (κ1) is 10.8. The monoisotopic (exact) mass is 162 g/mol. The van der Waals surface area contributed by atoms with Crippen molar-refractivity contribution < 1.29 is 0 Å². The fourth-order valence-corrected chi connectivity index (χ4v) is 0.594. The van der Waals surface area contributed by atoms with Crippen LogP contribution in [0.2, 0.25) is 0 Å². The van der Waals surface area contributed by atoms with Gasteiger partial charge in [-0.3, -0.25) is 0 Å². The highest BCUT2D eigenvalue weighted by molar-refractivity contribution is 5.03. The lowest BCUT2D eigenvalue weighted by molar-refractivity contribution is 0.211. The van der Waals surface area contributed by atoms with Crippen molar-refractivity contribution in [1.29, 1.82) is 0 Å². The Bertz CT molecular complexity index is 125. The molecule has 1 atom stereocenters. The first-order valence-electron chi connectivity index (χ1n) is 3.34. The number of hydrogen-bond acceptors (Lipinski definition) is 6. The lowest BCUT2D eigenvalue weighted by atomic mass is 9.90. The maximum atomic E-state index is 5.57. The van der Waals surface area contributed by atoms with E-state index < -0.39 is 17.4 Å². The summed E-state index contributed by atoms with van der Waals surface area (Å²) in [6.45, 7) is 1.65. The minimum absolute atomic E-state index is 0.150. The van der Waals surface area contributed by atoms with Crippen molar-refractivity contribution in [1.82, 2.24) is 0 Å². The van der Waals surface area contributed by atoms with Crippen LogP contribution >= 0.6 is 0 Å². The fraction of sp³-hybridized carbons (Fsp3) is 1.00. The predicted octanol–water partition coefficient (Wildman–Crippen LogP) is -3.48. The van der Waals surface area contributed by atoms with E-state index >= 15 is 0 Å². The summed E-state index contributed by atoms with van der Waals surface area (Å²) in [5.41, 5.74) is 30.3. The Labute approximate surface area is 66.2 Å². The molecule has 0 saturated carbocycles. The zero-order valence-corrected chi connectivity index (χ0v) is 6.75. The summed E-state index contributed by atoms with van der Waals surface area (Å²) in [7, 11) is 0. The molecule has 0 aromatic carbocycles. The van der Waals surface area contributed by atoms with Crippen molar-refractivity contribution >= 4 is 0 Å². The first-order chi connectivity index (χ1) is 4.73. The van der Waals surface area contributed by atoms with Gasteiger partial charge in [-0.1, -0.05) is 0 Å². The van der Waals surface area contributed by atoms with E-state index in [4.69, 9.17) is 34.4 Å². The molecule has 0 saturated heterocycles. The van der Waals surface area contributed by atoms with Gasteiger partial charge in [-0.25, -0.2) is 0 Å². The minimum atomic E-state index is -1.35. The van der Waals surface area contributed by atoms with E-state index in [1.165, 1.54) is 6.92 Å². The maximum Gasteiger partial charge on any atom is 0.112 e. The van der Waals surface area contributed by atoms with Crippen molar-refractivity contribution in [2.24, 2.45) is 34.4 Å². The average Bonchev–Trinajstić information content (AvgIpc) is 1.83. The molecule has 6 nitrogen and oxygen atoms in total. The fourth-order valence-electron chi connectivity index (χ4n) is 0.594. The van der Waals surface area contributed by atoms with E-state index in [9.17, 15) is 0 Å². The highest BCUT2D eigenvalue weighted by Gasteiger charge is 2.40. The summed E-state index contributed by atoms with van der Waals surface area (Å²) in [5, 5.41) is 0. The van der Waals surface area contributed by atoms with Crippen LogP contribution in [0.25, 0.3) is 0 Å². The molecule has 68 valence electrons. The zero-order valence-electron chi connectivity index (χ0n) is 6.75. The van der Waals surface area contributed by atoms with Crippen molar-refractivity contribution in [2.75, 3.05) is 6.54 Å². The molecule has 6 heteroatoms. The molecule has 12 N–H and O–H groups in total. The molecule has 0 aliphatic rings. The van der Waals surface area contributed by atoms with E-state index in [1.54, 1.807) is 0 Å². The number of rotatable bonds is 3. The summed E-state index contributed by atoms with van der Waals surface area (Å²) in [6, 6.07) is -0.609. The second kappa shape index (κ2) is 3.02. The van der Waals surface area contributed by atoms with Gasteiger partial charge in [-0.05, 0) is 6.92 Å². The Morgan fingerprint density at radius 3 is 1.64 bits per heavy atom. The normalized spacial score (nSPS) is 16.6. The molecule has 0 amide bonds. The SMILES string of the molecule is CC(N)(N)C(N)(N)C(N)CN. The van der Waals surface area contributed by atoms with Crippen LogP contribution in [0.4, 0.5) is 0 Å². The van der Waals surface area contributed by atoms with Gasteiger partial charge >= 0.3 is 0 Å². The third kappa shape index (κ3) is 2.09. The molecule has 0 aromatic heterocycles. The van der Waals surface area contributed by atoms with E-state index in [2.05, 4.69) is 0 Å². The van der Waals surface area contributed by atoms with Crippen LogP contribution in [0, 0.1) is 0 Å². The van der Waals surface area contributed by atoms with Gasteiger partial charge in [-0.15, -0.1) is 0 Å². The van der Waals surface area contributed by atoms with Crippen LogP contribution in [-0.4, -0.2) is 23.9 Å². The van der Waals surface area contributed by atoms with Gasteiger partial charge in [0.1, 0.15) is 5.66 Å². The summed E-state index contributed by atoms with van der Waals surface area (Å²) in [5.74, 6) is 0. The molecular weight excluding hydrogens is 144 g/mol. The van der Waals surface area contributed by atoms with E-state index in [1.807, 2.05) is 0 Å². The highest BCUT2D eigenvalue weighted by Crippen LogP contribution is 2.07. The van der Waals surface area contributed by atoms with Crippen molar-refractivity contribution in [2.45, 2.75) is 24.3 Å². The van der Waals surface area contributed by atoms with Crippen LogP contribution < -0.4 is 34.4 Å². The molecule has 0 spiro atoms. The summed E-state index contributed by atoms with van der Waals surface area (Å²) < 4.78 is 0. The molecule has 0 rings (SSSR count). The lowest BCUT2D eigenvalue weighted by Gasteiger charge is -2.41. The van der Waals surface area contributed by atoms with E-state index in [0.717, 1.165) is 0 Å². The average molecular weight is 162 g/mol. The van der Waals surface area contributed by atoms with Crippen LogP contribution in [0.1, 0.15) is 6.92 Å². The summed E-state index contributed by atoms with van der Waals surface area (Å²) >= 11 is 0. The lowest BCUT2D eigenvalue weighted by Crippen LogP contribution is -2.82. The molecule has 0 heterocycles. The van der Waals surface area contributed by atoms with Gasteiger partial charge in [0, 0.05) is 6.54 Å². The Morgan fingerprint density at radius 1 is 1.18 bits per heavy atom. The standard InChI is InChI=1S/C5H18N6/c1-4(8,9)5(10,11)3(7)2-6/h3H,2,6-11H2,1H3. The Kier molecular flexibility index (Phi) is 2.95. The van der Waals surface area contributed by atoms with Crippen LogP contribution in [0.3, 0.4) is 0 Å². The van der Waals surface area contributed by atoms with E-state index in [0.29, 0.717) is 0 Å². The second-order valence-corrected chi connectivity index (χ2v) is 3.06. The van der Waals surface area contributed by atoms with Crippen LogP contribution in [-0.2, 0) is 0 Å². The Morgan fingerprint density at radius 2 is 1.55 bits per heavy atom. The van der Waals surface area contributed by atoms with Crippen LogP contribution in [0.15, 0.2) is 0 Å². The third-order valence-corrected chi connectivity index (χ3v) is 1.80. The van der Waals surface area contributed by atoms with Crippen molar-refractivity contribution in [3.8, 4) is 0 Å². The molecule has 0 aromatic rings. The number of nitrogens with two attached hydrogens (primary N) is 6. The largest absolute Gasteiger partial charge is 0.329 e. The molecular formula is C5H18N6. The molecule has 0 radical (unpaired) electrons. The van der Waals surface area contributed by atoms with Gasteiger partial charge in [0.15, 0.2) is 0 Å². The van der Waals surface area contributed by atoms with Gasteiger partial charge in [-0.2, -0.15) is 0 Å². The van der Waals surface area contributed by atoms with Gasteiger partial charge in [0.05, 0.1) is 11.7 Å². The number of hydrogen-bond donors (Lipinski definition) is 6. The van der Waals surface area contributed by atoms with Gasteiger partial charge in [0.25, 0.3) is 0 Å². The third-order valence-electron chi connectivity index (χ3n) is 1.80. The van der Waals surface area contributed by atoms with E-state index in [-0.39, 0.29) is 6.54 Å². The Balaban J connectivity index is 4.45. The van der Waals surface area contributed by atoms with Crippen molar-refractivity contribution in [3.63, 3.8) is 0 Å². The van der Waals surface area contributed by atoms with Crippen LogP contribution in [0.5, 0.6) is 0 Å². The summed E-state index contributed by atoms with van der Waals surface area (Å²) in [4.78, 5) is 0. The van der Waals surface area contributed by atoms with Gasteiger partial charge < -0.3 is 34.4 Å². The predicted molar refractivity (Wildman–Crippen MR) is 44.9 cm³/mol. The molecule has 0 fully saturated rings. The molecule has 0 bridgehead atoms. The minimum Gasteiger partial charge on any atom is -0.329 e. The molecule has 0 aliphatic carbocycles. The molecule has 11 heavy (non-hydrogen) atoms. The smallest absolute Gasteiger partial charge is 0.112 e. The Hall–Kier alpha value is -0.240. The quantitative estimate of drug-likeness (QED) is 0.237. The highest BCUT2D eigenvalue weighted by atomic mass is 15.2. The molecule has 1 unspecified atom stereocenters. The zero-order chi connectivity index (χ0) is 9.28. The van der Waals surface area contributed by atoms with Gasteiger partial charge in [0.2, 0.25) is 0 Å². The molecule has 0 aliphatic heterocycles. The maximum absolute atomic E-state index is 5.57. The topological polar surface area (TPSA) is 156 Å². The summed E-state index contributed by atoms with van der Waals surface area (Å²) in [6.07, 6.45) is 0. The first-order valence-corrected chi connectivity index (χ1v) is 3.34.